The van der Waals surface area contributed by atoms with E-state index in [2.05, 4.69) is 22.1 Å². The van der Waals surface area contributed by atoms with Crippen molar-refractivity contribution in [3.63, 3.8) is 0 Å². The first-order valence-corrected chi connectivity index (χ1v) is 9.11. The second-order valence-electron chi connectivity index (χ2n) is 6.20. The number of guanidine groups is 1. The molecule has 2 rings (SSSR count). The number of nitrogens with zero attached hydrogens (tertiary/aromatic N) is 2. The third-order valence-electron chi connectivity index (χ3n) is 4.22. The molecular formula is C19H30FN3O2. The van der Waals surface area contributed by atoms with E-state index in [1.165, 1.54) is 12.1 Å². The molecule has 5 nitrogen and oxygen atoms in total. The van der Waals surface area contributed by atoms with E-state index in [0.717, 1.165) is 63.6 Å². The molecule has 0 unspecified atom stereocenters. The van der Waals surface area contributed by atoms with E-state index in [9.17, 15) is 4.39 Å². The van der Waals surface area contributed by atoms with Gasteiger partial charge in [-0.25, -0.2) is 9.38 Å². The molecule has 0 aliphatic carbocycles. The van der Waals surface area contributed by atoms with Crippen molar-refractivity contribution in [3.8, 4) is 0 Å². The minimum absolute atomic E-state index is 0.218. The number of piperidine rings is 1. The number of nitrogens with one attached hydrogen (secondary N) is 1. The zero-order valence-corrected chi connectivity index (χ0v) is 15.3. The highest BCUT2D eigenvalue weighted by Gasteiger charge is 2.21. The largest absolute Gasteiger partial charge is 0.385 e. The number of benzene rings is 1. The van der Waals surface area contributed by atoms with Crippen molar-refractivity contribution in [1.29, 1.82) is 0 Å². The summed E-state index contributed by atoms with van der Waals surface area (Å²) in [6, 6.07) is 6.61. The van der Waals surface area contributed by atoms with E-state index in [4.69, 9.17) is 9.47 Å². The third kappa shape index (κ3) is 7.00. The summed E-state index contributed by atoms with van der Waals surface area (Å²) in [6.07, 6.45) is 3.25. The minimum Gasteiger partial charge on any atom is -0.385 e. The Balaban J connectivity index is 1.83. The second-order valence-corrected chi connectivity index (χ2v) is 6.20. The molecule has 1 aromatic carbocycles. The Hall–Kier alpha value is -1.66. The maximum Gasteiger partial charge on any atom is 0.194 e. The van der Waals surface area contributed by atoms with E-state index >= 15 is 0 Å². The maximum atomic E-state index is 13.3. The second kappa shape index (κ2) is 11.1. The highest BCUT2D eigenvalue weighted by atomic mass is 19.1. The van der Waals surface area contributed by atoms with E-state index in [1.54, 1.807) is 13.2 Å². The molecule has 1 saturated heterocycles. The molecule has 6 heteroatoms. The standard InChI is InChI=1S/C19H30FN3O2/c1-3-21-19(22-15-16-6-4-7-17(20)14-16)23-10-8-18(9-11-23)25-13-5-12-24-2/h4,6-7,14,18H,3,5,8-13,15H2,1-2H3,(H,21,22). The van der Waals surface area contributed by atoms with E-state index in [-0.39, 0.29) is 5.82 Å². The van der Waals surface area contributed by atoms with Gasteiger partial charge in [-0.2, -0.15) is 0 Å². The SMILES string of the molecule is CCNC(=NCc1cccc(F)c1)N1CCC(OCCCOC)CC1. The van der Waals surface area contributed by atoms with Crippen molar-refractivity contribution in [2.75, 3.05) is 40.0 Å². The fourth-order valence-corrected chi connectivity index (χ4v) is 2.91. The predicted molar refractivity (Wildman–Crippen MR) is 98.3 cm³/mol. The molecule has 140 valence electrons. The van der Waals surface area contributed by atoms with Crippen LogP contribution in [0.2, 0.25) is 0 Å². The van der Waals surface area contributed by atoms with Gasteiger partial charge in [-0.3, -0.25) is 0 Å². The average molecular weight is 351 g/mol. The molecule has 0 aromatic heterocycles. The van der Waals surface area contributed by atoms with Crippen LogP contribution in [0.15, 0.2) is 29.3 Å². The average Bonchev–Trinajstić information content (AvgIpc) is 2.63. The quantitative estimate of drug-likeness (QED) is 0.444. The predicted octanol–water partition coefficient (Wildman–Crippen LogP) is 2.81. The van der Waals surface area contributed by atoms with E-state index in [1.807, 2.05) is 6.07 Å². The molecular weight excluding hydrogens is 321 g/mol. The fraction of sp³-hybridized carbons (Fsp3) is 0.632. The van der Waals surface area contributed by atoms with Gasteiger partial charge in [0.25, 0.3) is 0 Å². The van der Waals surface area contributed by atoms with Crippen LogP contribution in [0.3, 0.4) is 0 Å². The monoisotopic (exact) mass is 351 g/mol. The van der Waals surface area contributed by atoms with Gasteiger partial charge in [-0.15, -0.1) is 0 Å². The summed E-state index contributed by atoms with van der Waals surface area (Å²) in [5.74, 6) is 0.675. The van der Waals surface area contributed by atoms with Crippen molar-refractivity contribution in [3.05, 3.63) is 35.6 Å². The molecule has 1 heterocycles. The van der Waals surface area contributed by atoms with Crippen LogP contribution in [0, 0.1) is 5.82 Å². The summed E-state index contributed by atoms with van der Waals surface area (Å²) < 4.78 is 24.2. The van der Waals surface area contributed by atoms with Crippen molar-refractivity contribution in [2.24, 2.45) is 4.99 Å². The number of methoxy groups -OCH3 is 1. The van der Waals surface area contributed by atoms with Crippen LogP contribution in [0.25, 0.3) is 0 Å². The van der Waals surface area contributed by atoms with Crippen molar-refractivity contribution >= 4 is 5.96 Å². The zero-order valence-electron chi connectivity index (χ0n) is 15.3. The van der Waals surface area contributed by atoms with Crippen LogP contribution in [0.5, 0.6) is 0 Å². The molecule has 1 aromatic rings. The van der Waals surface area contributed by atoms with Gasteiger partial charge in [0.1, 0.15) is 5.82 Å². The van der Waals surface area contributed by atoms with Gasteiger partial charge in [-0.1, -0.05) is 12.1 Å². The third-order valence-corrected chi connectivity index (χ3v) is 4.22. The van der Waals surface area contributed by atoms with Gasteiger partial charge in [0.05, 0.1) is 12.6 Å². The summed E-state index contributed by atoms with van der Waals surface area (Å²) in [5.41, 5.74) is 0.881. The number of rotatable bonds is 8. The van der Waals surface area contributed by atoms with Gasteiger partial charge >= 0.3 is 0 Å². The van der Waals surface area contributed by atoms with Gasteiger partial charge < -0.3 is 19.7 Å². The fourth-order valence-electron chi connectivity index (χ4n) is 2.91. The highest BCUT2D eigenvalue weighted by molar-refractivity contribution is 5.80. The Labute approximate surface area is 150 Å². The Kier molecular flexibility index (Phi) is 8.69. The van der Waals surface area contributed by atoms with Crippen LogP contribution >= 0.6 is 0 Å². The Morgan fingerprint density at radius 1 is 1.32 bits per heavy atom. The Morgan fingerprint density at radius 3 is 2.80 bits per heavy atom. The summed E-state index contributed by atoms with van der Waals surface area (Å²) >= 11 is 0. The normalized spacial score (nSPS) is 16.3. The summed E-state index contributed by atoms with van der Waals surface area (Å²) in [6.45, 7) is 6.70. The lowest BCUT2D eigenvalue weighted by atomic mass is 10.1. The molecule has 0 radical (unpaired) electrons. The first-order valence-electron chi connectivity index (χ1n) is 9.11. The number of hydrogen-bond donors (Lipinski definition) is 1. The van der Waals surface area contributed by atoms with Crippen LogP contribution in [0.4, 0.5) is 4.39 Å². The van der Waals surface area contributed by atoms with Crippen LogP contribution < -0.4 is 5.32 Å². The minimum atomic E-state index is -0.218. The lowest BCUT2D eigenvalue weighted by Gasteiger charge is -2.34. The Bertz CT molecular complexity index is 531. The lowest BCUT2D eigenvalue weighted by Crippen LogP contribution is -2.47. The number of ether oxygens (including phenoxy) is 2. The van der Waals surface area contributed by atoms with Gasteiger partial charge in [0.15, 0.2) is 5.96 Å². The number of halogens is 1. The first-order chi connectivity index (χ1) is 12.2. The van der Waals surface area contributed by atoms with E-state index in [0.29, 0.717) is 12.6 Å². The number of hydrogen-bond acceptors (Lipinski definition) is 3. The van der Waals surface area contributed by atoms with Crippen molar-refractivity contribution in [1.82, 2.24) is 10.2 Å². The van der Waals surface area contributed by atoms with Crippen LogP contribution in [0.1, 0.15) is 31.7 Å². The number of aliphatic imine (C=N–C) groups is 1. The van der Waals surface area contributed by atoms with Crippen molar-refractivity contribution < 1.29 is 13.9 Å². The lowest BCUT2D eigenvalue weighted by molar-refractivity contribution is 0.00990. The topological polar surface area (TPSA) is 46.1 Å². The first kappa shape index (κ1) is 19.7. The molecule has 1 fully saturated rings. The molecule has 1 aliphatic rings. The maximum absolute atomic E-state index is 13.3. The van der Waals surface area contributed by atoms with Crippen molar-refractivity contribution in [2.45, 2.75) is 38.8 Å². The van der Waals surface area contributed by atoms with Gasteiger partial charge in [0, 0.05) is 40.0 Å². The zero-order chi connectivity index (χ0) is 17.9. The molecule has 0 bridgehead atoms. The van der Waals surface area contributed by atoms with Crippen LogP contribution in [-0.4, -0.2) is 56.9 Å². The molecule has 0 amide bonds. The molecule has 0 spiro atoms. The van der Waals surface area contributed by atoms with Gasteiger partial charge in [0.2, 0.25) is 0 Å². The molecule has 0 saturated carbocycles. The smallest absolute Gasteiger partial charge is 0.194 e. The highest BCUT2D eigenvalue weighted by Crippen LogP contribution is 2.15. The van der Waals surface area contributed by atoms with E-state index < -0.39 is 0 Å². The van der Waals surface area contributed by atoms with Crippen LogP contribution in [-0.2, 0) is 16.0 Å². The summed E-state index contributed by atoms with van der Waals surface area (Å²) in [4.78, 5) is 6.93. The molecule has 0 atom stereocenters. The Morgan fingerprint density at radius 2 is 2.12 bits per heavy atom. The molecule has 1 N–H and O–H groups in total. The summed E-state index contributed by atoms with van der Waals surface area (Å²) in [5, 5.41) is 3.34. The number of likely N-dealkylation sites (tertiary alicyclic amines) is 1. The molecule has 25 heavy (non-hydrogen) atoms. The van der Waals surface area contributed by atoms with Gasteiger partial charge in [-0.05, 0) is 43.9 Å². The molecule has 1 aliphatic heterocycles. The summed E-state index contributed by atoms with van der Waals surface area (Å²) in [7, 11) is 1.71.